The van der Waals surface area contributed by atoms with Crippen LogP contribution < -0.4 is 5.32 Å². The fraction of sp³-hybridized carbons (Fsp3) is 0.389. The number of aryl methyl sites for hydroxylation is 2. The van der Waals surface area contributed by atoms with E-state index >= 15 is 0 Å². The molecule has 138 valence electrons. The summed E-state index contributed by atoms with van der Waals surface area (Å²) >= 11 is 7.97. The molecule has 2 atom stereocenters. The zero-order chi connectivity index (χ0) is 18.8. The van der Waals surface area contributed by atoms with Crippen molar-refractivity contribution in [3.63, 3.8) is 0 Å². The van der Waals surface area contributed by atoms with Crippen molar-refractivity contribution in [2.45, 2.75) is 32.4 Å². The fourth-order valence-corrected chi connectivity index (χ4v) is 4.59. The molecule has 0 aromatic carbocycles. The van der Waals surface area contributed by atoms with Crippen LogP contribution in [-0.2, 0) is 9.53 Å². The van der Waals surface area contributed by atoms with Crippen LogP contribution in [0.25, 0.3) is 0 Å². The van der Waals surface area contributed by atoms with Crippen LogP contribution in [0, 0.1) is 17.4 Å². The minimum absolute atomic E-state index is 0.0427. The van der Waals surface area contributed by atoms with Gasteiger partial charge < -0.3 is 19.9 Å². The summed E-state index contributed by atoms with van der Waals surface area (Å²) in [6.45, 7) is 4.62. The summed E-state index contributed by atoms with van der Waals surface area (Å²) in [5.74, 6) is -0.246. The van der Waals surface area contributed by atoms with Crippen LogP contribution in [-0.4, -0.2) is 39.6 Å². The number of thiocarbonyl (C=S) groups is 1. The fourth-order valence-electron chi connectivity index (χ4n) is 3.40. The van der Waals surface area contributed by atoms with Gasteiger partial charge in [-0.05, 0) is 60.8 Å². The first-order chi connectivity index (χ1) is 12.4. The Morgan fingerprint density at radius 2 is 2.15 bits per heavy atom. The van der Waals surface area contributed by atoms with Gasteiger partial charge in [0.2, 0.25) is 0 Å². The second kappa shape index (κ2) is 7.91. The van der Waals surface area contributed by atoms with Crippen molar-refractivity contribution in [2.24, 2.45) is 0 Å². The molecule has 0 radical (unpaired) electrons. The third-order valence-corrected chi connectivity index (χ3v) is 6.37. The van der Waals surface area contributed by atoms with E-state index in [4.69, 9.17) is 17.0 Å². The van der Waals surface area contributed by atoms with Crippen LogP contribution in [0.1, 0.15) is 41.1 Å². The van der Waals surface area contributed by atoms with Gasteiger partial charge in [-0.2, -0.15) is 0 Å². The van der Waals surface area contributed by atoms with Crippen LogP contribution in [0.3, 0.4) is 0 Å². The van der Waals surface area contributed by atoms with E-state index in [0.717, 1.165) is 17.1 Å². The molecule has 0 saturated carbocycles. The van der Waals surface area contributed by atoms with Gasteiger partial charge in [-0.1, -0.05) is 6.07 Å². The maximum Gasteiger partial charge on any atom is 0.307 e. The Morgan fingerprint density at radius 3 is 2.73 bits per heavy atom. The molecule has 1 aliphatic heterocycles. The van der Waals surface area contributed by atoms with Gasteiger partial charge >= 0.3 is 5.97 Å². The lowest BCUT2D eigenvalue weighted by Crippen LogP contribution is -2.32. The molecule has 1 saturated heterocycles. The molecule has 3 rings (SSSR count). The highest BCUT2D eigenvalue weighted by molar-refractivity contribution is 14.1. The van der Waals surface area contributed by atoms with Gasteiger partial charge in [0.05, 0.1) is 31.3 Å². The number of nitrogens with zero attached hydrogens (tertiary/aromatic N) is 2. The number of aromatic amines is 1. The molecule has 0 aliphatic carbocycles. The number of carbonyl (C=O) groups is 1. The second-order valence-electron chi connectivity index (χ2n) is 6.25. The summed E-state index contributed by atoms with van der Waals surface area (Å²) in [5, 5.41) is 4.03. The number of hydrogen-bond acceptors (Lipinski definition) is 4. The lowest BCUT2D eigenvalue weighted by Gasteiger charge is -2.28. The van der Waals surface area contributed by atoms with E-state index < -0.39 is 0 Å². The lowest BCUT2D eigenvalue weighted by atomic mass is 9.96. The highest BCUT2D eigenvalue weighted by Crippen LogP contribution is 2.42. The highest BCUT2D eigenvalue weighted by Gasteiger charge is 2.42. The molecule has 0 bridgehead atoms. The van der Waals surface area contributed by atoms with Crippen LogP contribution in [0.2, 0.25) is 0 Å². The summed E-state index contributed by atoms with van der Waals surface area (Å²) in [6, 6.07) is 5.75. The molecule has 2 N–H and O–H groups in total. The first-order valence-corrected chi connectivity index (χ1v) is 9.82. The SMILES string of the molecule is COC(=O)CCN1C(=S)N[C@H](c2ccccn2)[C@@H]1c1c(C)[nH]c(C)c1I. The minimum Gasteiger partial charge on any atom is -0.469 e. The molecule has 0 spiro atoms. The average molecular weight is 484 g/mol. The molecule has 0 amide bonds. The number of pyridine rings is 1. The van der Waals surface area contributed by atoms with Crippen molar-refractivity contribution in [1.82, 2.24) is 20.2 Å². The summed E-state index contributed by atoms with van der Waals surface area (Å²) in [5.41, 5.74) is 4.35. The van der Waals surface area contributed by atoms with E-state index in [-0.39, 0.29) is 24.5 Å². The number of esters is 1. The molecule has 8 heteroatoms. The molecule has 0 unspecified atom stereocenters. The number of methoxy groups -OCH3 is 1. The van der Waals surface area contributed by atoms with E-state index in [1.165, 1.54) is 16.2 Å². The van der Waals surface area contributed by atoms with Gasteiger partial charge in [-0.15, -0.1) is 0 Å². The number of rotatable bonds is 5. The minimum atomic E-state index is -0.246. The zero-order valence-corrected chi connectivity index (χ0v) is 17.8. The topological polar surface area (TPSA) is 70.2 Å². The second-order valence-corrected chi connectivity index (χ2v) is 7.71. The van der Waals surface area contributed by atoms with E-state index in [0.29, 0.717) is 11.7 Å². The van der Waals surface area contributed by atoms with Crippen molar-refractivity contribution in [3.05, 3.63) is 50.6 Å². The molecule has 26 heavy (non-hydrogen) atoms. The quantitative estimate of drug-likeness (QED) is 0.386. The van der Waals surface area contributed by atoms with Gasteiger partial charge in [0.15, 0.2) is 5.11 Å². The Hall–Kier alpha value is -1.68. The molecule has 3 heterocycles. The van der Waals surface area contributed by atoms with E-state index in [2.05, 4.69) is 56.6 Å². The Labute approximate surface area is 171 Å². The van der Waals surface area contributed by atoms with Gasteiger partial charge in [-0.25, -0.2) is 0 Å². The van der Waals surface area contributed by atoms with Gasteiger partial charge in [-0.3, -0.25) is 9.78 Å². The number of ether oxygens (including phenoxy) is 1. The van der Waals surface area contributed by atoms with E-state index in [1.807, 2.05) is 18.2 Å². The van der Waals surface area contributed by atoms with Crippen LogP contribution in [0.5, 0.6) is 0 Å². The Morgan fingerprint density at radius 1 is 1.38 bits per heavy atom. The molecular weight excluding hydrogens is 463 g/mol. The van der Waals surface area contributed by atoms with Crippen LogP contribution in [0.15, 0.2) is 24.4 Å². The van der Waals surface area contributed by atoms with E-state index in [9.17, 15) is 4.79 Å². The summed E-state index contributed by atoms with van der Waals surface area (Å²) in [4.78, 5) is 21.7. The number of aromatic nitrogens is 2. The smallest absolute Gasteiger partial charge is 0.307 e. The number of hydrogen-bond donors (Lipinski definition) is 2. The predicted octanol–water partition coefficient (Wildman–Crippen LogP) is 3.17. The average Bonchev–Trinajstić information content (AvgIpc) is 3.09. The number of H-pyrrole nitrogens is 1. The van der Waals surface area contributed by atoms with Crippen LogP contribution in [0.4, 0.5) is 0 Å². The van der Waals surface area contributed by atoms with Gasteiger partial charge in [0, 0.05) is 33.3 Å². The standard InChI is InChI=1S/C18H21IN4O2S/c1-10-14(15(19)11(2)21-10)17-16(12-6-4-5-8-20-12)22-18(26)23(17)9-7-13(24)25-3/h4-6,8,16-17,21H,7,9H2,1-3H3,(H,22,26)/t16-,17+/m1/s1. The summed E-state index contributed by atoms with van der Waals surface area (Å²) in [7, 11) is 1.40. The maximum absolute atomic E-state index is 11.7. The number of halogens is 1. The Kier molecular flexibility index (Phi) is 5.81. The molecule has 2 aromatic heterocycles. The van der Waals surface area contributed by atoms with Crippen molar-refractivity contribution in [1.29, 1.82) is 0 Å². The largest absolute Gasteiger partial charge is 0.469 e. The lowest BCUT2D eigenvalue weighted by molar-refractivity contribution is -0.140. The van der Waals surface area contributed by atoms with Crippen molar-refractivity contribution >= 4 is 45.9 Å². The summed E-state index contributed by atoms with van der Waals surface area (Å²) in [6.07, 6.45) is 2.07. The van der Waals surface area contributed by atoms with Gasteiger partial charge in [0.1, 0.15) is 0 Å². The Bertz CT molecular complexity index is 824. The third-order valence-electron chi connectivity index (χ3n) is 4.62. The van der Waals surface area contributed by atoms with Crippen molar-refractivity contribution < 1.29 is 9.53 Å². The van der Waals surface area contributed by atoms with E-state index in [1.54, 1.807) is 6.20 Å². The highest BCUT2D eigenvalue weighted by atomic mass is 127. The number of nitrogens with one attached hydrogen (secondary N) is 2. The molecule has 1 fully saturated rings. The monoisotopic (exact) mass is 484 g/mol. The van der Waals surface area contributed by atoms with Gasteiger partial charge in [0.25, 0.3) is 0 Å². The zero-order valence-electron chi connectivity index (χ0n) is 14.9. The van der Waals surface area contributed by atoms with Crippen molar-refractivity contribution in [2.75, 3.05) is 13.7 Å². The third kappa shape index (κ3) is 3.57. The molecule has 2 aromatic rings. The summed E-state index contributed by atoms with van der Waals surface area (Å²) < 4.78 is 5.98. The predicted molar refractivity (Wildman–Crippen MR) is 112 cm³/mol. The molecular formula is C18H21IN4O2S. The van der Waals surface area contributed by atoms with Crippen LogP contribution >= 0.6 is 34.8 Å². The Balaban J connectivity index is 2.03. The molecule has 6 nitrogen and oxygen atoms in total. The van der Waals surface area contributed by atoms with Crippen molar-refractivity contribution in [3.8, 4) is 0 Å². The first kappa shape index (κ1) is 19.1. The maximum atomic E-state index is 11.7. The molecule has 1 aliphatic rings. The number of carbonyl (C=O) groups excluding carboxylic acids is 1. The first-order valence-electron chi connectivity index (χ1n) is 8.33. The normalized spacial score (nSPS) is 19.5.